The van der Waals surface area contributed by atoms with Gasteiger partial charge in [0.1, 0.15) is 11.6 Å². The van der Waals surface area contributed by atoms with Crippen LogP contribution in [0.5, 0.6) is 0 Å². The SMILES string of the molecule is Cn1c(CNC[C@H]2CCc3nc(C(F)(F)F)cn3C2)nc2ccc(Cl)cc21. The zero-order valence-electron chi connectivity index (χ0n) is 14.7. The normalized spacial score (nSPS) is 17.4. The highest BCUT2D eigenvalue weighted by Gasteiger charge is 2.35. The largest absolute Gasteiger partial charge is 0.434 e. The molecule has 0 saturated heterocycles. The lowest BCUT2D eigenvalue weighted by atomic mass is 9.99. The number of hydrogen-bond acceptors (Lipinski definition) is 3. The van der Waals surface area contributed by atoms with Crippen molar-refractivity contribution < 1.29 is 13.2 Å². The van der Waals surface area contributed by atoms with Crippen molar-refractivity contribution in [3.05, 3.63) is 46.8 Å². The Morgan fingerprint density at radius 3 is 2.89 bits per heavy atom. The van der Waals surface area contributed by atoms with E-state index >= 15 is 0 Å². The first-order valence-electron chi connectivity index (χ1n) is 8.76. The van der Waals surface area contributed by atoms with Crippen molar-refractivity contribution in [3.8, 4) is 0 Å². The molecule has 144 valence electrons. The van der Waals surface area contributed by atoms with E-state index in [0.717, 1.165) is 29.5 Å². The van der Waals surface area contributed by atoms with Gasteiger partial charge in [0.25, 0.3) is 0 Å². The Balaban J connectivity index is 1.38. The number of rotatable bonds is 4. The molecular weight excluding hydrogens is 379 g/mol. The molecule has 1 atom stereocenters. The van der Waals surface area contributed by atoms with Crippen molar-refractivity contribution in [1.82, 2.24) is 24.4 Å². The molecular formula is C18H19ClF3N5. The highest BCUT2D eigenvalue weighted by atomic mass is 35.5. The smallest absolute Gasteiger partial charge is 0.334 e. The van der Waals surface area contributed by atoms with Crippen molar-refractivity contribution in [2.24, 2.45) is 13.0 Å². The zero-order valence-corrected chi connectivity index (χ0v) is 15.5. The van der Waals surface area contributed by atoms with Gasteiger partial charge in [0, 0.05) is 37.8 Å². The number of aryl methyl sites for hydroxylation is 2. The molecule has 0 aliphatic carbocycles. The van der Waals surface area contributed by atoms with Crippen molar-refractivity contribution in [2.75, 3.05) is 6.54 Å². The summed E-state index contributed by atoms with van der Waals surface area (Å²) in [7, 11) is 1.94. The molecule has 2 aromatic heterocycles. The molecule has 0 saturated carbocycles. The number of imidazole rings is 2. The van der Waals surface area contributed by atoms with Gasteiger partial charge in [-0.1, -0.05) is 11.6 Å². The molecule has 4 rings (SSSR count). The Morgan fingerprint density at radius 1 is 1.30 bits per heavy atom. The van der Waals surface area contributed by atoms with Crippen LogP contribution < -0.4 is 5.32 Å². The molecule has 0 unspecified atom stereocenters. The molecule has 0 radical (unpaired) electrons. The highest BCUT2D eigenvalue weighted by Crippen LogP contribution is 2.30. The summed E-state index contributed by atoms with van der Waals surface area (Å²) in [5.41, 5.74) is 1.06. The Hall–Kier alpha value is -2.06. The fraction of sp³-hybridized carbons (Fsp3) is 0.444. The summed E-state index contributed by atoms with van der Waals surface area (Å²) in [5, 5.41) is 4.05. The number of nitrogens with zero attached hydrogens (tertiary/aromatic N) is 4. The van der Waals surface area contributed by atoms with Gasteiger partial charge in [-0.25, -0.2) is 9.97 Å². The predicted octanol–water partition coefficient (Wildman–Crippen LogP) is 3.79. The number of alkyl halides is 3. The topological polar surface area (TPSA) is 47.7 Å². The quantitative estimate of drug-likeness (QED) is 0.728. The average molecular weight is 398 g/mol. The Morgan fingerprint density at radius 2 is 2.11 bits per heavy atom. The summed E-state index contributed by atoms with van der Waals surface area (Å²) in [5.74, 6) is 1.67. The lowest BCUT2D eigenvalue weighted by Gasteiger charge is -2.23. The average Bonchev–Trinajstić information content (AvgIpc) is 3.17. The third-order valence-electron chi connectivity index (χ3n) is 5.03. The first kappa shape index (κ1) is 18.3. The van der Waals surface area contributed by atoms with Gasteiger partial charge in [-0.2, -0.15) is 13.2 Å². The van der Waals surface area contributed by atoms with E-state index in [2.05, 4.69) is 15.3 Å². The molecule has 5 nitrogen and oxygen atoms in total. The number of fused-ring (bicyclic) bond motifs is 2. The van der Waals surface area contributed by atoms with E-state index in [4.69, 9.17) is 11.6 Å². The van der Waals surface area contributed by atoms with E-state index in [-0.39, 0.29) is 5.92 Å². The molecule has 1 N–H and O–H groups in total. The maximum atomic E-state index is 12.8. The van der Waals surface area contributed by atoms with Crippen LogP contribution in [0.4, 0.5) is 13.2 Å². The third kappa shape index (κ3) is 3.68. The Labute approximate surface area is 159 Å². The fourth-order valence-corrected chi connectivity index (χ4v) is 3.74. The highest BCUT2D eigenvalue weighted by molar-refractivity contribution is 6.31. The van der Waals surface area contributed by atoms with Gasteiger partial charge in [0.15, 0.2) is 5.69 Å². The van der Waals surface area contributed by atoms with Gasteiger partial charge in [0.2, 0.25) is 0 Å². The van der Waals surface area contributed by atoms with Gasteiger partial charge in [-0.3, -0.25) is 0 Å². The van der Waals surface area contributed by atoms with Gasteiger partial charge in [0.05, 0.1) is 17.6 Å². The minimum absolute atomic E-state index is 0.261. The van der Waals surface area contributed by atoms with Crippen LogP contribution in [-0.4, -0.2) is 25.6 Å². The summed E-state index contributed by atoms with van der Waals surface area (Å²) >= 11 is 6.04. The Kier molecular flexibility index (Phi) is 4.63. The van der Waals surface area contributed by atoms with Crippen LogP contribution in [-0.2, 0) is 32.7 Å². The van der Waals surface area contributed by atoms with Crippen molar-refractivity contribution in [1.29, 1.82) is 0 Å². The predicted molar refractivity (Wildman–Crippen MR) is 96.5 cm³/mol. The van der Waals surface area contributed by atoms with Crippen LogP contribution in [0.3, 0.4) is 0 Å². The zero-order chi connectivity index (χ0) is 19.2. The molecule has 9 heteroatoms. The van der Waals surface area contributed by atoms with Crippen LogP contribution in [0, 0.1) is 5.92 Å². The summed E-state index contributed by atoms with van der Waals surface area (Å²) < 4.78 is 42.1. The van der Waals surface area contributed by atoms with E-state index < -0.39 is 11.9 Å². The molecule has 27 heavy (non-hydrogen) atoms. The number of aromatic nitrogens is 4. The molecule has 3 aromatic rings. The van der Waals surface area contributed by atoms with Gasteiger partial charge < -0.3 is 14.5 Å². The van der Waals surface area contributed by atoms with Crippen LogP contribution >= 0.6 is 11.6 Å². The standard InChI is InChI=1S/C18H19ClF3N5/c1-26-14-6-12(19)3-4-13(14)24-17(26)8-23-7-11-2-5-16-25-15(18(20,21)22)10-27(16)9-11/h3-4,6,10-11,23H,2,5,7-9H2,1H3/t11-/m1/s1. The van der Waals surface area contributed by atoms with E-state index in [1.54, 1.807) is 4.57 Å². The summed E-state index contributed by atoms with van der Waals surface area (Å²) in [6.07, 6.45) is -1.88. The van der Waals surface area contributed by atoms with Crippen molar-refractivity contribution in [2.45, 2.75) is 32.1 Å². The molecule has 0 fully saturated rings. The van der Waals surface area contributed by atoms with Crippen molar-refractivity contribution >= 4 is 22.6 Å². The molecule has 1 aromatic carbocycles. The fourth-order valence-electron chi connectivity index (χ4n) is 3.58. The van der Waals surface area contributed by atoms with E-state index in [1.807, 2.05) is 29.8 Å². The summed E-state index contributed by atoms with van der Waals surface area (Å²) in [6.45, 7) is 1.84. The molecule has 1 aliphatic heterocycles. The monoisotopic (exact) mass is 397 g/mol. The number of benzene rings is 1. The molecule has 0 bridgehead atoms. The van der Waals surface area contributed by atoms with E-state index in [1.165, 1.54) is 0 Å². The second-order valence-corrected chi connectivity index (χ2v) is 7.38. The first-order chi connectivity index (χ1) is 12.8. The second kappa shape index (κ2) is 6.83. The van der Waals surface area contributed by atoms with Crippen LogP contribution in [0.25, 0.3) is 11.0 Å². The third-order valence-corrected chi connectivity index (χ3v) is 5.27. The first-order valence-corrected chi connectivity index (χ1v) is 9.14. The molecule has 0 spiro atoms. The van der Waals surface area contributed by atoms with Crippen LogP contribution in [0.2, 0.25) is 5.02 Å². The number of halogens is 4. The minimum Gasteiger partial charge on any atom is -0.334 e. The van der Waals surface area contributed by atoms with Gasteiger partial charge in [-0.05, 0) is 30.5 Å². The summed E-state index contributed by atoms with van der Waals surface area (Å²) in [6, 6.07) is 5.59. The second-order valence-electron chi connectivity index (χ2n) is 6.95. The molecule has 3 heterocycles. The maximum Gasteiger partial charge on any atom is 0.434 e. The number of hydrogen-bond donors (Lipinski definition) is 1. The Bertz CT molecular complexity index is 975. The van der Waals surface area contributed by atoms with Crippen LogP contribution in [0.15, 0.2) is 24.4 Å². The van der Waals surface area contributed by atoms with Crippen LogP contribution in [0.1, 0.15) is 23.8 Å². The van der Waals surface area contributed by atoms with Crippen molar-refractivity contribution in [3.63, 3.8) is 0 Å². The lowest BCUT2D eigenvalue weighted by molar-refractivity contribution is -0.141. The maximum absolute atomic E-state index is 12.8. The van der Waals surface area contributed by atoms with E-state index in [0.29, 0.717) is 36.9 Å². The van der Waals surface area contributed by atoms with Gasteiger partial charge >= 0.3 is 6.18 Å². The minimum atomic E-state index is -4.39. The molecule has 0 amide bonds. The summed E-state index contributed by atoms with van der Waals surface area (Å²) in [4.78, 5) is 8.32. The van der Waals surface area contributed by atoms with E-state index in [9.17, 15) is 13.2 Å². The number of nitrogens with one attached hydrogen (secondary N) is 1. The van der Waals surface area contributed by atoms with Gasteiger partial charge in [-0.15, -0.1) is 0 Å². The molecule has 1 aliphatic rings. The lowest BCUT2D eigenvalue weighted by Crippen LogP contribution is -2.30.